The number of amides is 1. The molecule has 3 aromatic rings. The maximum Gasteiger partial charge on any atom is 0.263 e. The summed E-state index contributed by atoms with van der Waals surface area (Å²) in [7, 11) is 3.09. The summed E-state index contributed by atoms with van der Waals surface area (Å²) in [6, 6.07) is 17.3. The molecule has 3 aromatic carbocycles. The average Bonchev–Trinajstić information content (AvgIpc) is 2.94. The number of methoxy groups -OCH3 is 2. The second-order valence-electron chi connectivity index (χ2n) is 7.21. The number of fused-ring (bicyclic) bond motifs is 5. The highest BCUT2D eigenvalue weighted by molar-refractivity contribution is 6.17. The van der Waals surface area contributed by atoms with Crippen LogP contribution in [-0.2, 0) is 0 Å². The molecule has 5 nitrogen and oxygen atoms in total. The van der Waals surface area contributed by atoms with Crippen LogP contribution < -0.4 is 14.4 Å². The number of ether oxygens (including phenoxy) is 2. The van der Waals surface area contributed by atoms with E-state index in [2.05, 4.69) is 0 Å². The minimum atomic E-state index is -0.298. The Hall–Kier alpha value is -3.67. The molecule has 6 heteroatoms. The maximum atomic E-state index is 13.6. The van der Waals surface area contributed by atoms with Gasteiger partial charge in [-0.1, -0.05) is 30.3 Å². The predicted molar refractivity (Wildman–Crippen MR) is 113 cm³/mol. The van der Waals surface area contributed by atoms with Gasteiger partial charge in [0.1, 0.15) is 5.82 Å². The van der Waals surface area contributed by atoms with Gasteiger partial charge < -0.3 is 9.47 Å². The number of benzene rings is 3. The molecular formula is C24H19FN2O3. The Morgan fingerprint density at radius 2 is 1.77 bits per heavy atom. The molecule has 2 aliphatic rings. The van der Waals surface area contributed by atoms with Crippen molar-refractivity contribution in [2.24, 2.45) is 4.99 Å². The number of aliphatic imine (C=N–C) groups is 1. The van der Waals surface area contributed by atoms with Gasteiger partial charge in [-0.3, -0.25) is 14.7 Å². The maximum absolute atomic E-state index is 13.6. The smallest absolute Gasteiger partial charge is 0.263 e. The first-order valence-corrected chi connectivity index (χ1v) is 9.63. The van der Waals surface area contributed by atoms with Crippen LogP contribution >= 0.6 is 0 Å². The van der Waals surface area contributed by atoms with Crippen molar-refractivity contribution in [1.29, 1.82) is 0 Å². The molecule has 0 aromatic heterocycles. The second kappa shape index (κ2) is 6.99. The largest absolute Gasteiger partial charge is 0.493 e. The van der Waals surface area contributed by atoms with Crippen molar-refractivity contribution in [2.75, 3.05) is 19.1 Å². The van der Waals surface area contributed by atoms with E-state index in [1.54, 1.807) is 24.1 Å². The van der Waals surface area contributed by atoms with E-state index in [1.807, 2.05) is 36.4 Å². The van der Waals surface area contributed by atoms with Crippen molar-refractivity contribution in [2.45, 2.75) is 12.5 Å². The van der Waals surface area contributed by atoms with E-state index in [0.29, 0.717) is 29.2 Å². The molecule has 1 amide bonds. The number of hydrogen-bond donors (Lipinski definition) is 0. The molecule has 1 atom stereocenters. The Kier molecular flexibility index (Phi) is 4.28. The van der Waals surface area contributed by atoms with E-state index >= 15 is 0 Å². The zero-order valence-corrected chi connectivity index (χ0v) is 16.6. The highest BCUT2D eigenvalue weighted by atomic mass is 19.1. The monoisotopic (exact) mass is 402 g/mol. The first-order valence-electron chi connectivity index (χ1n) is 9.63. The van der Waals surface area contributed by atoms with Gasteiger partial charge in [0.15, 0.2) is 11.5 Å². The first kappa shape index (κ1) is 18.4. The number of carbonyl (C=O) groups is 1. The van der Waals surface area contributed by atoms with Gasteiger partial charge in [-0.25, -0.2) is 4.39 Å². The molecule has 0 saturated carbocycles. The Bertz CT molecular complexity index is 1190. The molecule has 0 N–H and O–H groups in total. The van der Waals surface area contributed by atoms with Crippen LogP contribution in [0.2, 0.25) is 0 Å². The molecule has 5 rings (SSSR count). The number of hydrogen-bond acceptors (Lipinski definition) is 4. The zero-order chi connectivity index (χ0) is 20.8. The lowest BCUT2D eigenvalue weighted by Crippen LogP contribution is -2.28. The second-order valence-corrected chi connectivity index (χ2v) is 7.21. The third kappa shape index (κ3) is 2.68. The van der Waals surface area contributed by atoms with Gasteiger partial charge in [0, 0.05) is 6.42 Å². The number of rotatable bonds is 3. The third-order valence-corrected chi connectivity index (χ3v) is 5.64. The molecule has 30 heavy (non-hydrogen) atoms. The van der Waals surface area contributed by atoms with Crippen LogP contribution in [0.25, 0.3) is 0 Å². The van der Waals surface area contributed by atoms with Crippen molar-refractivity contribution in [1.82, 2.24) is 0 Å². The normalized spacial score (nSPS) is 16.9. The van der Waals surface area contributed by atoms with Crippen molar-refractivity contribution < 1.29 is 18.7 Å². The number of para-hydroxylation sites is 2. The molecule has 0 fully saturated rings. The summed E-state index contributed by atoms with van der Waals surface area (Å²) in [5.41, 5.74) is 4.44. The summed E-state index contributed by atoms with van der Waals surface area (Å²) >= 11 is 0. The molecule has 0 saturated heterocycles. The van der Waals surface area contributed by atoms with Gasteiger partial charge in [-0.05, 0) is 41.5 Å². The highest BCUT2D eigenvalue weighted by Crippen LogP contribution is 2.50. The Balaban J connectivity index is 1.72. The van der Waals surface area contributed by atoms with Gasteiger partial charge in [0.25, 0.3) is 5.91 Å². The number of anilines is 1. The van der Waals surface area contributed by atoms with E-state index in [1.165, 1.54) is 19.2 Å². The lowest BCUT2D eigenvalue weighted by Gasteiger charge is -2.24. The first-order chi connectivity index (χ1) is 14.6. The summed E-state index contributed by atoms with van der Waals surface area (Å²) in [5, 5.41) is 0. The highest BCUT2D eigenvalue weighted by Gasteiger charge is 2.43. The van der Waals surface area contributed by atoms with Gasteiger partial charge >= 0.3 is 0 Å². The van der Waals surface area contributed by atoms with E-state index in [9.17, 15) is 9.18 Å². The van der Waals surface area contributed by atoms with E-state index in [4.69, 9.17) is 14.5 Å². The van der Waals surface area contributed by atoms with Crippen LogP contribution in [0.15, 0.2) is 65.7 Å². The Labute approximate surface area is 173 Å². The fourth-order valence-corrected chi connectivity index (χ4v) is 4.28. The van der Waals surface area contributed by atoms with E-state index < -0.39 is 0 Å². The van der Waals surface area contributed by atoms with Crippen LogP contribution in [0, 0.1) is 5.82 Å². The van der Waals surface area contributed by atoms with Crippen molar-refractivity contribution in [3.05, 3.63) is 83.2 Å². The van der Waals surface area contributed by atoms with Crippen molar-refractivity contribution in [3.8, 4) is 11.5 Å². The van der Waals surface area contributed by atoms with E-state index in [0.717, 1.165) is 22.5 Å². The molecule has 150 valence electrons. The van der Waals surface area contributed by atoms with Crippen LogP contribution in [0.5, 0.6) is 11.5 Å². The average molecular weight is 402 g/mol. The van der Waals surface area contributed by atoms with Gasteiger partial charge in [0.05, 0.1) is 42.9 Å². The van der Waals surface area contributed by atoms with Gasteiger partial charge in [-0.2, -0.15) is 0 Å². The van der Waals surface area contributed by atoms with Gasteiger partial charge in [0.2, 0.25) is 0 Å². The topological polar surface area (TPSA) is 51.1 Å². The summed E-state index contributed by atoms with van der Waals surface area (Å²) in [5.74, 6) is 0.510. The zero-order valence-electron chi connectivity index (χ0n) is 16.6. The summed E-state index contributed by atoms with van der Waals surface area (Å²) in [6.45, 7) is 0. The SMILES string of the molecule is COc1ccc2c(c1OC)C(=O)N1c3ccccc3N=C(c3ccc(F)cc3)C[C@@H]21. The fourth-order valence-electron chi connectivity index (χ4n) is 4.28. The number of carbonyl (C=O) groups excluding carboxylic acids is 1. The quantitative estimate of drug-likeness (QED) is 0.615. The Morgan fingerprint density at radius 3 is 2.50 bits per heavy atom. The summed E-state index contributed by atoms with van der Waals surface area (Å²) in [6.07, 6.45) is 0.495. The Morgan fingerprint density at radius 1 is 1.00 bits per heavy atom. The fraction of sp³-hybridized carbons (Fsp3) is 0.167. The molecule has 0 bridgehead atoms. The van der Waals surface area contributed by atoms with Gasteiger partial charge in [-0.15, -0.1) is 0 Å². The van der Waals surface area contributed by atoms with Crippen LogP contribution in [0.4, 0.5) is 15.8 Å². The summed E-state index contributed by atoms with van der Waals surface area (Å²) < 4.78 is 24.4. The van der Waals surface area contributed by atoms with Crippen LogP contribution in [-0.4, -0.2) is 25.8 Å². The third-order valence-electron chi connectivity index (χ3n) is 5.64. The van der Waals surface area contributed by atoms with E-state index in [-0.39, 0.29) is 17.8 Å². The standard InChI is InChI=1S/C24H19FN2O3/c1-29-21-12-11-16-20-13-18(14-7-9-15(25)10-8-14)26-17-5-3-4-6-19(17)27(20)24(28)22(16)23(21)30-2/h3-12,20H,13H2,1-2H3/t20-/m0/s1. The van der Waals surface area contributed by atoms with Crippen molar-refractivity contribution in [3.63, 3.8) is 0 Å². The molecule has 0 unspecified atom stereocenters. The molecule has 0 spiro atoms. The number of nitrogens with zero attached hydrogens (tertiary/aromatic N) is 2. The number of halogens is 1. The van der Waals surface area contributed by atoms with Crippen LogP contribution in [0.1, 0.15) is 33.9 Å². The molecule has 2 aliphatic heterocycles. The molecule has 2 heterocycles. The lowest BCUT2D eigenvalue weighted by atomic mass is 9.96. The van der Waals surface area contributed by atoms with Crippen molar-refractivity contribution >= 4 is 23.0 Å². The summed E-state index contributed by atoms with van der Waals surface area (Å²) in [4.78, 5) is 20.2. The minimum absolute atomic E-state index is 0.145. The van der Waals surface area contributed by atoms with Crippen LogP contribution in [0.3, 0.4) is 0 Å². The molecule has 0 aliphatic carbocycles. The molecular weight excluding hydrogens is 383 g/mol. The predicted octanol–water partition coefficient (Wildman–Crippen LogP) is 5.07. The lowest BCUT2D eigenvalue weighted by molar-refractivity contribution is 0.0989. The minimum Gasteiger partial charge on any atom is -0.493 e. The molecule has 0 radical (unpaired) electrons.